The SMILES string of the molecule is CN1CCC(NCC2Cc3cc(Cl)ccc3O2)C1. The Hall–Kier alpha value is -0.770. The molecule has 98 valence electrons. The van der Waals surface area contributed by atoms with Crippen LogP contribution in [0.1, 0.15) is 12.0 Å². The first-order valence-electron chi connectivity index (χ1n) is 6.58. The Kier molecular flexibility index (Phi) is 3.46. The van der Waals surface area contributed by atoms with Gasteiger partial charge < -0.3 is 15.0 Å². The smallest absolute Gasteiger partial charge is 0.123 e. The van der Waals surface area contributed by atoms with E-state index in [2.05, 4.69) is 17.3 Å². The Balaban J connectivity index is 1.52. The first kappa shape index (κ1) is 12.3. The Morgan fingerprint density at radius 2 is 2.39 bits per heavy atom. The molecule has 4 heteroatoms. The summed E-state index contributed by atoms with van der Waals surface area (Å²) in [5, 5.41) is 4.40. The maximum absolute atomic E-state index is 5.99. The summed E-state index contributed by atoms with van der Waals surface area (Å²) in [7, 11) is 2.17. The van der Waals surface area contributed by atoms with Crippen LogP contribution in [0.15, 0.2) is 18.2 Å². The van der Waals surface area contributed by atoms with Gasteiger partial charge in [-0.15, -0.1) is 0 Å². The van der Waals surface area contributed by atoms with Crippen LogP contribution in [0.25, 0.3) is 0 Å². The minimum Gasteiger partial charge on any atom is -0.488 e. The molecule has 0 bridgehead atoms. The molecule has 1 saturated heterocycles. The third-order valence-electron chi connectivity index (χ3n) is 3.79. The number of benzene rings is 1. The summed E-state index contributed by atoms with van der Waals surface area (Å²) in [6.07, 6.45) is 2.46. The van der Waals surface area contributed by atoms with Crippen LogP contribution in [0.3, 0.4) is 0 Å². The number of nitrogens with zero attached hydrogens (tertiary/aromatic N) is 1. The van der Waals surface area contributed by atoms with Gasteiger partial charge in [-0.3, -0.25) is 0 Å². The van der Waals surface area contributed by atoms with Crippen molar-refractivity contribution in [2.75, 3.05) is 26.7 Å². The molecule has 18 heavy (non-hydrogen) atoms. The van der Waals surface area contributed by atoms with Crippen molar-refractivity contribution in [2.45, 2.75) is 25.0 Å². The van der Waals surface area contributed by atoms with E-state index in [9.17, 15) is 0 Å². The first-order valence-corrected chi connectivity index (χ1v) is 6.95. The summed E-state index contributed by atoms with van der Waals surface area (Å²) in [6, 6.07) is 6.49. The maximum Gasteiger partial charge on any atom is 0.123 e. The molecule has 3 nitrogen and oxygen atoms in total. The zero-order valence-corrected chi connectivity index (χ0v) is 11.4. The standard InChI is InChI=1S/C14H19ClN2O/c1-17-5-4-12(9-17)16-8-13-7-10-6-11(15)2-3-14(10)18-13/h2-3,6,12-13,16H,4-5,7-9H2,1H3. The number of likely N-dealkylation sites (tertiary alicyclic amines) is 1. The first-order chi connectivity index (χ1) is 8.70. The zero-order valence-electron chi connectivity index (χ0n) is 10.7. The van der Waals surface area contributed by atoms with Gasteiger partial charge in [-0.1, -0.05) is 11.6 Å². The van der Waals surface area contributed by atoms with Gasteiger partial charge in [0.2, 0.25) is 0 Å². The van der Waals surface area contributed by atoms with E-state index in [4.69, 9.17) is 16.3 Å². The van der Waals surface area contributed by atoms with Gasteiger partial charge in [0.05, 0.1) is 0 Å². The Bertz CT molecular complexity index is 438. The molecule has 3 rings (SSSR count). The molecule has 2 aliphatic rings. The van der Waals surface area contributed by atoms with Crippen LogP contribution in [-0.4, -0.2) is 43.7 Å². The van der Waals surface area contributed by atoms with Gasteiger partial charge in [0.1, 0.15) is 11.9 Å². The van der Waals surface area contributed by atoms with E-state index in [-0.39, 0.29) is 6.10 Å². The van der Waals surface area contributed by atoms with Crippen LogP contribution in [-0.2, 0) is 6.42 Å². The van der Waals surface area contributed by atoms with Crippen molar-refractivity contribution in [3.8, 4) is 5.75 Å². The van der Waals surface area contributed by atoms with Crippen LogP contribution in [0, 0.1) is 0 Å². The summed E-state index contributed by atoms with van der Waals surface area (Å²) >= 11 is 5.99. The fourth-order valence-electron chi connectivity index (χ4n) is 2.80. The van der Waals surface area contributed by atoms with E-state index in [0.29, 0.717) is 6.04 Å². The van der Waals surface area contributed by atoms with Crippen molar-refractivity contribution in [3.05, 3.63) is 28.8 Å². The largest absolute Gasteiger partial charge is 0.488 e. The number of hydrogen-bond donors (Lipinski definition) is 1. The van der Waals surface area contributed by atoms with Gasteiger partial charge in [-0.2, -0.15) is 0 Å². The van der Waals surface area contributed by atoms with Gasteiger partial charge in [0, 0.05) is 30.6 Å². The molecular weight excluding hydrogens is 248 g/mol. The highest BCUT2D eigenvalue weighted by Gasteiger charge is 2.25. The van der Waals surface area contributed by atoms with Crippen LogP contribution < -0.4 is 10.1 Å². The second-order valence-corrected chi connectivity index (χ2v) is 5.79. The molecule has 2 atom stereocenters. The molecule has 0 aliphatic carbocycles. The number of ether oxygens (including phenoxy) is 1. The van der Waals surface area contributed by atoms with E-state index >= 15 is 0 Å². The molecule has 0 spiro atoms. The van der Waals surface area contributed by atoms with Crippen molar-refractivity contribution < 1.29 is 4.74 Å². The number of rotatable bonds is 3. The molecule has 0 radical (unpaired) electrons. The fourth-order valence-corrected chi connectivity index (χ4v) is 3.00. The van der Waals surface area contributed by atoms with Crippen molar-refractivity contribution in [3.63, 3.8) is 0 Å². The summed E-state index contributed by atoms with van der Waals surface area (Å²) in [6.45, 7) is 3.26. The van der Waals surface area contributed by atoms with Crippen LogP contribution in [0.5, 0.6) is 5.75 Å². The van der Waals surface area contributed by atoms with E-state index in [1.165, 1.54) is 18.5 Å². The molecule has 1 N–H and O–H groups in total. The molecule has 1 aromatic rings. The molecule has 1 aromatic carbocycles. The number of likely N-dealkylation sites (N-methyl/N-ethyl adjacent to an activating group) is 1. The van der Waals surface area contributed by atoms with Crippen molar-refractivity contribution >= 4 is 11.6 Å². The summed E-state index contributed by atoms with van der Waals surface area (Å²) in [4.78, 5) is 2.36. The van der Waals surface area contributed by atoms with Gasteiger partial charge >= 0.3 is 0 Å². The normalized spacial score (nSPS) is 27.2. The lowest BCUT2D eigenvalue weighted by Crippen LogP contribution is -2.38. The lowest BCUT2D eigenvalue weighted by Gasteiger charge is -2.16. The van der Waals surface area contributed by atoms with Crippen molar-refractivity contribution in [1.29, 1.82) is 0 Å². The topological polar surface area (TPSA) is 24.5 Å². The van der Waals surface area contributed by atoms with Crippen LogP contribution >= 0.6 is 11.6 Å². The number of hydrogen-bond acceptors (Lipinski definition) is 3. The van der Waals surface area contributed by atoms with E-state index < -0.39 is 0 Å². The second-order valence-electron chi connectivity index (χ2n) is 5.35. The van der Waals surface area contributed by atoms with Gasteiger partial charge in [-0.25, -0.2) is 0 Å². The zero-order chi connectivity index (χ0) is 12.5. The Morgan fingerprint density at radius 1 is 1.50 bits per heavy atom. The van der Waals surface area contributed by atoms with E-state index in [0.717, 1.165) is 30.3 Å². The third kappa shape index (κ3) is 2.63. The maximum atomic E-state index is 5.99. The predicted molar refractivity (Wildman–Crippen MR) is 73.5 cm³/mol. The Labute approximate surface area is 113 Å². The average Bonchev–Trinajstić information content (AvgIpc) is 2.92. The monoisotopic (exact) mass is 266 g/mol. The Morgan fingerprint density at radius 3 is 3.17 bits per heavy atom. The number of halogens is 1. The van der Waals surface area contributed by atoms with E-state index in [1.54, 1.807) is 0 Å². The highest BCUT2D eigenvalue weighted by molar-refractivity contribution is 6.30. The van der Waals surface area contributed by atoms with Crippen LogP contribution in [0.4, 0.5) is 0 Å². The molecule has 0 amide bonds. The summed E-state index contributed by atoms with van der Waals surface area (Å²) in [5.41, 5.74) is 1.23. The van der Waals surface area contributed by atoms with Gasteiger partial charge in [0.15, 0.2) is 0 Å². The van der Waals surface area contributed by atoms with E-state index in [1.807, 2.05) is 18.2 Å². The van der Waals surface area contributed by atoms with Crippen LogP contribution in [0.2, 0.25) is 5.02 Å². The predicted octanol–water partition coefficient (Wildman–Crippen LogP) is 1.94. The highest BCUT2D eigenvalue weighted by Crippen LogP contribution is 2.30. The molecular formula is C14H19ClN2O. The quantitative estimate of drug-likeness (QED) is 0.905. The van der Waals surface area contributed by atoms with Crippen molar-refractivity contribution in [1.82, 2.24) is 10.2 Å². The van der Waals surface area contributed by atoms with Gasteiger partial charge in [0.25, 0.3) is 0 Å². The lowest BCUT2D eigenvalue weighted by atomic mass is 10.1. The molecule has 2 unspecified atom stereocenters. The third-order valence-corrected chi connectivity index (χ3v) is 4.02. The minimum absolute atomic E-state index is 0.254. The highest BCUT2D eigenvalue weighted by atomic mass is 35.5. The average molecular weight is 267 g/mol. The summed E-state index contributed by atoms with van der Waals surface area (Å²) < 4.78 is 5.91. The molecule has 1 fully saturated rings. The molecule has 2 heterocycles. The lowest BCUT2D eigenvalue weighted by molar-refractivity contribution is 0.221. The molecule has 2 aliphatic heterocycles. The minimum atomic E-state index is 0.254. The molecule has 0 aromatic heterocycles. The number of nitrogens with one attached hydrogen (secondary N) is 1. The second kappa shape index (κ2) is 5.08. The number of fused-ring (bicyclic) bond motifs is 1. The van der Waals surface area contributed by atoms with Gasteiger partial charge in [-0.05, 0) is 43.8 Å². The molecule has 0 saturated carbocycles. The summed E-state index contributed by atoms with van der Waals surface area (Å²) in [5.74, 6) is 0.995. The van der Waals surface area contributed by atoms with Crippen molar-refractivity contribution in [2.24, 2.45) is 0 Å². The fraction of sp³-hybridized carbons (Fsp3) is 0.571.